The molecule has 2 aromatic rings. The summed E-state index contributed by atoms with van der Waals surface area (Å²) >= 11 is 1.18. The van der Waals surface area contributed by atoms with Gasteiger partial charge in [0.15, 0.2) is 5.13 Å². The monoisotopic (exact) mass is 287 g/mol. The van der Waals surface area contributed by atoms with Crippen molar-refractivity contribution in [2.45, 2.75) is 13.1 Å². The maximum absolute atomic E-state index is 12.7. The zero-order chi connectivity index (χ0) is 12.1. The van der Waals surface area contributed by atoms with Crippen molar-refractivity contribution in [2.75, 3.05) is 7.11 Å². The molecule has 2 rings (SSSR count). The average molecular weight is 288 g/mol. The van der Waals surface area contributed by atoms with E-state index in [4.69, 9.17) is 4.74 Å². The fraction of sp³-hybridized carbons (Fsp3) is 0.231. The Morgan fingerprint density at radius 3 is 2.39 bits per heavy atom. The molecule has 0 bridgehead atoms. The second kappa shape index (κ2) is 7.36. The molecule has 1 N–H and O–H groups in total. The Labute approximate surface area is 116 Å². The van der Waals surface area contributed by atoms with Crippen LogP contribution in [0.3, 0.4) is 0 Å². The van der Waals surface area contributed by atoms with E-state index in [1.807, 2.05) is 24.3 Å². The number of hydrogen-bond acceptors (Lipinski definition) is 3. The highest BCUT2D eigenvalue weighted by molar-refractivity contribution is 7.10. The van der Waals surface area contributed by atoms with Crippen LogP contribution in [0.5, 0.6) is 5.75 Å². The minimum absolute atomic E-state index is 0. The summed E-state index contributed by atoms with van der Waals surface area (Å²) in [6, 6.07) is 11.2. The van der Waals surface area contributed by atoms with E-state index >= 15 is 0 Å². The first kappa shape index (κ1) is 15.0. The first-order chi connectivity index (χ1) is 8.28. The van der Waals surface area contributed by atoms with Crippen LogP contribution in [0.2, 0.25) is 0 Å². The average Bonchev–Trinajstić information content (AvgIpc) is 2.76. The van der Waals surface area contributed by atoms with Gasteiger partial charge in [0.1, 0.15) is 5.75 Å². The molecular formula is C13H15ClFNOS. The lowest BCUT2D eigenvalue weighted by atomic mass is 10.2. The molecule has 1 aromatic carbocycles. The van der Waals surface area contributed by atoms with Gasteiger partial charge in [-0.2, -0.15) is 4.39 Å². The van der Waals surface area contributed by atoms with Crippen LogP contribution in [0.25, 0.3) is 0 Å². The Morgan fingerprint density at radius 2 is 1.83 bits per heavy atom. The molecular weight excluding hydrogens is 273 g/mol. The molecule has 0 saturated heterocycles. The Kier molecular flexibility index (Phi) is 6.12. The van der Waals surface area contributed by atoms with Gasteiger partial charge in [0.05, 0.1) is 7.11 Å². The van der Waals surface area contributed by atoms with Crippen molar-refractivity contribution in [1.82, 2.24) is 5.32 Å². The molecule has 1 aromatic heterocycles. The summed E-state index contributed by atoms with van der Waals surface area (Å²) in [5.41, 5.74) is 1.18. The molecule has 5 heteroatoms. The van der Waals surface area contributed by atoms with Crippen molar-refractivity contribution >= 4 is 23.7 Å². The van der Waals surface area contributed by atoms with Gasteiger partial charge >= 0.3 is 0 Å². The summed E-state index contributed by atoms with van der Waals surface area (Å²) in [6.45, 7) is 1.46. The fourth-order valence-corrected chi connectivity index (χ4v) is 2.22. The lowest BCUT2D eigenvalue weighted by molar-refractivity contribution is 0.414. The lowest BCUT2D eigenvalue weighted by Crippen LogP contribution is -2.11. The highest BCUT2D eigenvalue weighted by Crippen LogP contribution is 2.14. The van der Waals surface area contributed by atoms with Gasteiger partial charge in [0.2, 0.25) is 0 Å². The Balaban J connectivity index is 0.00000162. The standard InChI is InChI=1S/C13H14FNOS.ClH/c1-16-11-4-2-10(3-5-11)8-15-9-12-6-7-13(14)17-12;/h2-7,15H,8-9H2,1H3;1H. The van der Waals surface area contributed by atoms with Crippen LogP contribution in [-0.2, 0) is 13.1 Å². The van der Waals surface area contributed by atoms with Crippen molar-refractivity contribution in [3.05, 3.63) is 52.0 Å². The lowest BCUT2D eigenvalue weighted by Gasteiger charge is -2.04. The van der Waals surface area contributed by atoms with E-state index < -0.39 is 0 Å². The first-order valence-corrected chi connectivity index (χ1v) is 6.17. The van der Waals surface area contributed by atoms with E-state index in [2.05, 4.69) is 5.32 Å². The van der Waals surface area contributed by atoms with Gasteiger partial charge in [-0.15, -0.1) is 23.7 Å². The van der Waals surface area contributed by atoms with Gasteiger partial charge in [-0.25, -0.2) is 0 Å². The fourth-order valence-electron chi connectivity index (χ4n) is 1.52. The number of hydrogen-bond donors (Lipinski definition) is 1. The number of ether oxygens (including phenoxy) is 1. The summed E-state index contributed by atoms with van der Waals surface area (Å²) in [4.78, 5) is 1.01. The maximum Gasteiger partial charge on any atom is 0.176 e. The summed E-state index contributed by atoms with van der Waals surface area (Å²) in [5, 5.41) is 3.14. The molecule has 0 saturated carbocycles. The Hall–Kier alpha value is -1.10. The zero-order valence-corrected chi connectivity index (χ0v) is 11.6. The molecule has 0 unspecified atom stereocenters. The SMILES string of the molecule is COc1ccc(CNCc2ccc(F)s2)cc1.Cl. The molecule has 0 atom stereocenters. The predicted molar refractivity (Wildman–Crippen MR) is 75.1 cm³/mol. The first-order valence-electron chi connectivity index (χ1n) is 5.36. The van der Waals surface area contributed by atoms with Crippen LogP contribution in [0.15, 0.2) is 36.4 Å². The van der Waals surface area contributed by atoms with Crippen LogP contribution in [0, 0.1) is 5.13 Å². The molecule has 0 aliphatic carbocycles. The zero-order valence-electron chi connectivity index (χ0n) is 9.98. The van der Waals surface area contributed by atoms with E-state index in [9.17, 15) is 4.39 Å². The van der Waals surface area contributed by atoms with Crippen LogP contribution in [-0.4, -0.2) is 7.11 Å². The minimum atomic E-state index is -0.133. The van der Waals surface area contributed by atoms with Crippen molar-refractivity contribution in [3.8, 4) is 5.75 Å². The van der Waals surface area contributed by atoms with Crippen molar-refractivity contribution in [1.29, 1.82) is 0 Å². The van der Waals surface area contributed by atoms with Crippen molar-refractivity contribution in [3.63, 3.8) is 0 Å². The number of thiophene rings is 1. The molecule has 18 heavy (non-hydrogen) atoms. The molecule has 0 spiro atoms. The van der Waals surface area contributed by atoms with Gasteiger partial charge < -0.3 is 10.1 Å². The number of nitrogens with one attached hydrogen (secondary N) is 1. The van der Waals surface area contributed by atoms with Gasteiger partial charge in [-0.05, 0) is 29.8 Å². The predicted octanol–water partition coefficient (Wildman–Crippen LogP) is 3.61. The highest BCUT2D eigenvalue weighted by atomic mass is 35.5. The highest BCUT2D eigenvalue weighted by Gasteiger charge is 1.99. The maximum atomic E-state index is 12.7. The molecule has 0 amide bonds. The van der Waals surface area contributed by atoms with Gasteiger partial charge in [-0.3, -0.25) is 0 Å². The Morgan fingerprint density at radius 1 is 1.11 bits per heavy atom. The number of methoxy groups -OCH3 is 1. The molecule has 0 aliphatic rings. The van der Waals surface area contributed by atoms with Crippen molar-refractivity contribution in [2.24, 2.45) is 0 Å². The van der Waals surface area contributed by atoms with Crippen LogP contribution >= 0.6 is 23.7 Å². The third-order valence-corrected chi connectivity index (χ3v) is 3.29. The third kappa shape index (κ3) is 4.29. The molecule has 0 fully saturated rings. The largest absolute Gasteiger partial charge is 0.497 e. The van der Waals surface area contributed by atoms with E-state index in [0.29, 0.717) is 6.54 Å². The normalized spacial score (nSPS) is 9.89. The number of benzene rings is 1. The van der Waals surface area contributed by atoms with Crippen LogP contribution in [0.1, 0.15) is 10.4 Å². The summed E-state index contributed by atoms with van der Waals surface area (Å²) in [6.07, 6.45) is 0. The smallest absolute Gasteiger partial charge is 0.176 e. The minimum Gasteiger partial charge on any atom is -0.497 e. The van der Waals surface area contributed by atoms with E-state index in [0.717, 1.165) is 17.2 Å². The molecule has 98 valence electrons. The van der Waals surface area contributed by atoms with Crippen molar-refractivity contribution < 1.29 is 9.13 Å². The van der Waals surface area contributed by atoms with Crippen LogP contribution in [0.4, 0.5) is 4.39 Å². The van der Waals surface area contributed by atoms with Gasteiger partial charge in [0, 0.05) is 18.0 Å². The van der Waals surface area contributed by atoms with E-state index in [1.165, 1.54) is 23.0 Å². The third-order valence-electron chi connectivity index (χ3n) is 2.42. The number of halogens is 2. The molecule has 0 radical (unpaired) electrons. The van der Waals surface area contributed by atoms with Crippen LogP contribution < -0.4 is 10.1 Å². The molecule has 0 aliphatic heterocycles. The second-order valence-corrected chi connectivity index (χ2v) is 4.78. The van der Waals surface area contributed by atoms with Gasteiger partial charge in [-0.1, -0.05) is 12.1 Å². The topological polar surface area (TPSA) is 21.3 Å². The van der Waals surface area contributed by atoms with E-state index in [1.54, 1.807) is 13.2 Å². The molecule has 1 heterocycles. The summed E-state index contributed by atoms with van der Waals surface area (Å²) in [5.74, 6) is 0.856. The molecule has 2 nitrogen and oxygen atoms in total. The second-order valence-electron chi connectivity index (χ2n) is 3.66. The van der Waals surface area contributed by atoms with Gasteiger partial charge in [0.25, 0.3) is 0 Å². The quantitative estimate of drug-likeness (QED) is 0.907. The Bertz CT molecular complexity index is 472. The summed E-state index contributed by atoms with van der Waals surface area (Å²) < 4.78 is 17.8. The van der Waals surface area contributed by atoms with E-state index in [-0.39, 0.29) is 17.5 Å². The summed E-state index contributed by atoms with van der Waals surface area (Å²) in [7, 11) is 1.65. The number of rotatable bonds is 5.